The molecule has 0 aromatic heterocycles. The summed E-state index contributed by atoms with van der Waals surface area (Å²) in [5.74, 6) is -2.01. The van der Waals surface area contributed by atoms with Gasteiger partial charge in [0, 0.05) is 42.7 Å². The molecule has 0 unspecified atom stereocenters. The second kappa shape index (κ2) is 10.7. The molecule has 36 heavy (non-hydrogen) atoms. The predicted molar refractivity (Wildman–Crippen MR) is 123 cm³/mol. The lowest BCUT2D eigenvalue weighted by Crippen LogP contribution is -2.32. The van der Waals surface area contributed by atoms with Gasteiger partial charge in [0.1, 0.15) is 5.82 Å². The third kappa shape index (κ3) is 6.69. The predicted octanol–water partition coefficient (Wildman–Crippen LogP) is 2.85. The van der Waals surface area contributed by atoms with Gasteiger partial charge in [0.15, 0.2) is 0 Å². The summed E-state index contributed by atoms with van der Waals surface area (Å²) in [7, 11) is -7.50. The number of hydrogen-bond acceptors (Lipinski definition) is 5. The molecule has 0 aliphatic carbocycles. The Morgan fingerprint density at radius 2 is 1.78 bits per heavy atom. The highest BCUT2D eigenvalue weighted by atomic mass is 32.2. The second-order valence-corrected chi connectivity index (χ2v) is 11.7. The molecule has 196 valence electrons. The Hall–Kier alpha value is -2.81. The lowest BCUT2D eigenvalue weighted by Gasteiger charge is -2.17. The Balaban J connectivity index is 1.60. The van der Waals surface area contributed by atoms with Gasteiger partial charge in [-0.1, -0.05) is 12.6 Å². The molecule has 3 rings (SSSR count). The zero-order valence-electron chi connectivity index (χ0n) is 18.8. The first-order valence-electron chi connectivity index (χ1n) is 10.6. The molecular formula is C22H23F4N3O5S2. The summed E-state index contributed by atoms with van der Waals surface area (Å²) < 4.78 is 104. The first-order valence-corrected chi connectivity index (χ1v) is 13.6. The summed E-state index contributed by atoms with van der Waals surface area (Å²) in [4.78, 5) is 12.3. The Bertz CT molecular complexity index is 1340. The summed E-state index contributed by atoms with van der Waals surface area (Å²) in [6, 6.07) is 6.97. The van der Waals surface area contributed by atoms with Gasteiger partial charge >= 0.3 is 6.18 Å². The molecule has 0 bridgehead atoms. The molecule has 1 heterocycles. The Morgan fingerprint density at radius 3 is 2.36 bits per heavy atom. The van der Waals surface area contributed by atoms with Gasteiger partial charge in [0.05, 0.1) is 10.5 Å². The van der Waals surface area contributed by atoms with Crippen LogP contribution in [0.1, 0.15) is 27.9 Å². The van der Waals surface area contributed by atoms with Gasteiger partial charge in [0.2, 0.25) is 20.0 Å². The van der Waals surface area contributed by atoms with Crippen molar-refractivity contribution in [1.29, 1.82) is 0 Å². The van der Waals surface area contributed by atoms with E-state index < -0.39 is 43.5 Å². The normalized spacial score (nSPS) is 17.2. The number of sulfonamides is 2. The van der Waals surface area contributed by atoms with Crippen LogP contribution < -0.4 is 10.0 Å². The summed E-state index contributed by atoms with van der Waals surface area (Å²) in [6.07, 6.45) is -4.23. The number of halogens is 4. The molecule has 1 amide bonds. The van der Waals surface area contributed by atoms with Gasteiger partial charge < -0.3 is 5.32 Å². The van der Waals surface area contributed by atoms with E-state index >= 15 is 0 Å². The van der Waals surface area contributed by atoms with E-state index in [0.29, 0.717) is 18.6 Å². The molecule has 0 spiro atoms. The van der Waals surface area contributed by atoms with Gasteiger partial charge in [-0.15, -0.1) is 0 Å². The van der Waals surface area contributed by atoms with Gasteiger partial charge in [0.25, 0.3) is 5.91 Å². The third-order valence-corrected chi connectivity index (χ3v) is 8.50. The van der Waals surface area contributed by atoms with E-state index in [-0.39, 0.29) is 48.1 Å². The fraction of sp³-hybridized carbons (Fsp3) is 0.318. The zero-order chi connectivity index (χ0) is 26.7. The van der Waals surface area contributed by atoms with Crippen molar-refractivity contribution >= 4 is 26.0 Å². The maximum absolute atomic E-state index is 14.0. The van der Waals surface area contributed by atoms with E-state index in [9.17, 15) is 39.2 Å². The van der Waals surface area contributed by atoms with E-state index in [1.54, 1.807) is 0 Å². The maximum atomic E-state index is 14.0. The third-order valence-electron chi connectivity index (χ3n) is 5.62. The minimum atomic E-state index is -4.69. The molecule has 1 saturated heterocycles. The number of amides is 1. The van der Waals surface area contributed by atoms with E-state index in [1.807, 2.05) is 0 Å². The highest BCUT2D eigenvalue weighted by Crippen LogP contribution is 2.30. The molecule has 2 aromatic carbocycles. The van der Waals surface area contributed by atoms with Crippen LogP contribution in [0.15, 0.2) is 59.3 Å². The number of nitrogens with one attached hydrogen (secondary N) is 2. The fourth-order valence-corrected chi connectivity index (χ4v) is 5.66. The van der Waals surface area contributed by atoms with Crippen LogP contribution in [0, 0.1) is 11.7 Å². The van der Waals surface area contributed by atoms with Crippen LogP contribution in [-0.2, 0) is 32.8 Å². The number of carbonyl (C=O) groups is 1. The van der Waals surface area contributed by atoms with Crippen molar-refractivity contribution in [1.82, 2.24) is 14.3 Å². The molecule has 14 heteroatoms. The van der Waals surface area contributed by atoms with E-state index in [2.05, 4.69) is 16.6 Å². The van der Waals surface area contributed by atoms with Crippen molar-refractivity contribution in [2.75, 3.05) is 19.6 Å². The minimum absolute atomic E-state index is 0.0685. The van der Waals surface area contributed by atoms with Crippen molar-refractivity contribution < 1.29 is 39.2 Å². The average Bonchev–Trinajstić information content (AvgIpc) is 3.31. The van der Waals surface area contributed by atoms with Gasteiger partial charge in [-0.05, 0) is 48.7 Å². The van der Waals surface area contributed by atoms with Crippen LogP contribution in [0.2, 0.25) is 0 Å². The van der Waals surface area contributed by atoms with E-state index in [0.717, 1.165) is 11.5 Å². The van der Waals surface area contributed by atoms with Gasteiger partial charge in [-0.25, -0.2) is 25.9 Å². The maximum Gasteiger partial charge on any atom is 0.416 e. The first-order chi connectivity index (χ1) is 16.7. The SMILES string of the molecule is C=CS(=O)(=O)NC[C@H]1CCN(S(=O)(=O)c2ccc(C(=O)NCc3ccc(C(F)(F)F)cc3F)cc2)C1. The Morgan fingerprint density at radius 1 is 1.11 bits per heavy atom. The highest BCUT2D eigenvalue weighted by molar-refractivity contribution is 7.92. The zero-order valence-corrected chi connectivity index (χ0v) is 20.4. The highest BCUT2D eigenvalue weighted by Gasteiger charge is 2.33. The van der Waals surface area contributed by atoms with Crippen LogP contribution in [-0.4, -0.2) is 46.7 Å². The van der Waals surface area contributed by atoms with Crippen LogP contribution in [0.25, 0.3) is 0 Å². The summed E-state index contributed by atoms with van der Waals surface area (Å²) >= 11 is 0. The van der Waals surface area contributed by atoms with E-state index in [1.165, 1.54) is 28.6 Å². The molecule has 0 radical (unpaired) electrons. The number of carbonyl (C=O) groups excluding carboxylic acids is 1. The first kappa shape index (κ1) is 27.8. The topological polar surface area (TPSA) is 113 Å². The van der Waals surface area contributed by atoms with Gasteiger partial charge in [-0.2, -0.15) is 17.5 Å². The quantitative estimate of drug-likeness (QED) is 0.468. The van der Waals surface area contributed by atoms with Crippen molar-refractivity contribution in [3.8, 4) is 0 Å². The Kier molecular flexibility index (Phi) is 8.23. The molecule has 8 nitrogen and oxygen atoms in total. The van der Waals surface area contributed by atoms with Crippen molar-refractivity contribution in [3.63, 3.8) is 0 Å². The average molecular weight is 550 g/mol. The lowest BCUT2D eigenvalue weighted by atomic mass is 10.1. The van der Waals surface area contributed by atoms with Crippen molar-refractivity contribution in [2.24, 2.45) is 5.92 Å². The van der Waals surface area contributed by atoms with Crippen LogP contribution in [0.5, 0.6) is 0 Å². The van der Waals surface area contributed by atoms with Crippen LogP contribution in [0.3, 0.4) is 0 Å². The van der Waals surface area contributed by atoms with Crippen LogP contribution in [0.4, 0.5) is 17.6 Å². The second-order valence-electron chi connectivity index (χ2n) is 8.09. The smallest absolute Gasteiger partial charge is 0.348 e. The largest absolute Gasteiger partial charge is 0.416 e. The minimum Gasteiger partial charge on any atom is -0.348 e. The lowest BCUT2D eigenvalue weighted by molar-refractivity contribution is -0.137. The standard InChI is InChI=1S/C22H23F4N3O5S2/c1-2-35(31,32)28-12-15-9-10-29(14-15)36(33,34)19-7-4-16(5-8-19)21(30)27-13-17-3-6-18(11-20(17)23)22(24,25)26/h2-8,11,15,28H,1,9-10,12-14H2,(H,27,30)/t15-/m1/s1. The number of nitrogens with zero attached hydrogens (tertiary/aromatic N) is 1. The van der Waals surface area contributed by atoms with Crippen molar-refractivity contribution in [2.45, 2.75) is 24.0 Å². The molecule has 1 atom stereocenters. The van der Waals surface area contributed by atoms with Crippen LogP contribution >= 0.6 is 0 Å². The fourth-order valence-electron chi connectivity index (χ4n) is 3.55. The monoisotopic (exact) mass is 549 g/mol. The molecular weight excluding hydrogens is 526 g/mol. The number of rotatable bonds is 9. The number of benzene rings is 2. The summed E-state index contributed by atoms with van der Waals surface area (Å²) in [6.45, 7) is 3.21. The molecule has 1 aliphatic heterocycles. The van der Waals surface area contributed by atoms with Crippen molar-refractivity contribution in [3.05, 3.63) is 77.0 Å². The summed E-state index contributed by atoms with van der Waals surface area (Å²) in [5, 5.41) is 3.15. The van der Waals surface area contributed by atoms with Gasteiger partial charge in [-0.3, -0.25) is 4.79 Å². The number of hydrogen-bond donors (Lipinski definition) is 2. The molecule has 2 N–H and O–H groups in total. The summed E-state index contributed by atoms with van der Waals surface area (Å²) in [5.41, 5.74) is -1.22. The molecule has 0 saturated carbocycles. The molecule has 1 fully saturated rings. The molecule has 2 aromatic rings. The Labute approximate surface area is 206 Å². The molecule has 1 aliphatic rings. The number of alkyl halides is 3. The van der Waals surface area contributed by atoms with E-state index in [4.69, 9.17) is 0 Å².